The van der Waals surface area contributed by atoms with Crippen molar-refractivity contribution < 1.29 is 13.2 Å². The average molecular weight is 387 g/mol. The van der Waals surface area contributed by atoms with Crippen LogP contribution in [-0.4, -0.2) is 31.7 Å². The van der Waals surface area contributed by atoms with Gasteiger partial charge in [0.2, 0.25) is 15.9 Å². The van der Waals surface area contributed by atoms with E-state index in [0.717, 1.165) is 22.4 Å². The second-order valence-electron chi connectivity index (χ2n) is 7.25. The molecule has 1 heterocycles. The molecule has 1 aliphatic rings. The van der Waals surface area contributed by atoms with Crippen LogP contribution in [0.2, 0.25) is 0 Å². The van der Waals surface area contributed by atoms with Crippen LogP contribution >= 0.6 is 0 Å². The highest BCUT2D eigenvalue weighted by Gasteiger charge is 2.33. The molecule has 2 aromatic carbocycles. The van der Waals surface area contributed by atoms with Gasteiger partial charge < -0.3 is 5.32 Å². The number of amides is 1. The summed E-state index contributed by atoms with van der Waals surface area (Å²) in [6.45, 7) is 6.56. The Morgan fingerprint density at radius 3 is 2.48 bits per heavy atom. The van der Waals surface area contributed by atoms with Gasteiger partial charge >= 0.3 is 0 Å². The summed E-state index contributed by atoms with van der Waals surface area (Å²) in [7, 11) is -3.58. The number of hydrogen-bond donors (Lipinski definition) is 1. The normalized spacial score (nSPS) is 18.3. The van der Waals surface area contributed by atoms with E-state index in [1.165, 1.54) is 4.31 Å². The fourth-order valence-electron chi connectivity index (χ4n) is 3.36. The number of rotatable bonds is 4. The minimum absolute atomic E-state index is 0.118. The number of nitrogens with zero attached hydrogens (tertiary/aromatic N) is 1. The Morgan fingerprint density at radius 2 is 1.78 bits per heavy atom. The third-order valence-corrected chi connectivity index (χ3v) is 7.16. The lowest BCUT2D eigenvalue weighted by Crippen LogP contribution is -2.43. The Hall–Kier alpha value is -2.18. The Bertz CT molecular complexity index is 936. The molecule has 0 aromatic heterocycles. The molecule has 1 atom stereocenters. The van der Waals surface area contributed by atoms with Crippen molar-refractivity contribution >= 4 is 21.6 Å². The van der Waals surface area contributed by atoms with Crippen LogP contribution in [0.25, 0.3) is 0 Å². The highest BCUT2D eigenvalue weighted by molar-refractivity contribution is 7.89. The van der Waals surface area contributed by atoms with Gasteiger partial charge in [0.05, 0.1) is 10.8 Å². The molecule has 1 N–H and O–H groups in total. The van der Waals surface area contributed by atoms with Crippen molar-refractivity contribution in [1.29, 1.82) is 0 Å². The van der Waals surface area contributed by atoms with Crippen LogP contribution in [0, 0.1) is 26.7 Å². The third-order valence-electron chi connectivity index (χ3n) is 5.28. The van der Waals surface area contributed by atoms with Gasteiger partial charge in [-0.05, 0) is 62.9 Å². The van der Waals surface area contributed by atoms with Gasteiger partial charge in [-0.3, -0.25) is 4.79 Å². The fraction of sp³-hybridized carbons (Fsp3) is 0.381. The van der Waals surface area contributed by atoms with Crippen LogP contribution in [0.15, 0.2) is 47.4 Å². The first kappa shape index (κ1) is 19.6. The van der Waals surface area contributed by atoms with Crippen molar-refractivity contribution in [3.63, 3.8) is 0 Å². The van der Waals surface area contributed by atoms with Crippen molar-refractivity contribution in [2.75, 3.05) is 18.4 Å². The quantitative estimate of drug-likeness (QED) is 0.872. The highest BCUT2D eigenvalue weighted by Crippen LogP contribution is 2.26. The molecule has 0 unspecified atom stereocenters. The van der Waals surface area contributed by atoms with Crippen LogP contribution in [0.1, 0.15) is 29.5 Å². The number of carbonyl (C=O) groups is 1. The number of carbonyl (C=O) groups excluding carboxylic acids is 1. The molecule has 27 heavy (non-hydrogen) atoms. The van der Waals surface area contributed by atoms with Gasteiger partial charge in [0.15, 0.2) is 0 Å². The predicted molar refractivity (Wildman–Crippen MR) is 107 cm³/mol. The van der Waals surface area contributed by atoms with Crippen molar-refractivity contribution in [3.05, 3.63) is 59.2 Å². The summed E-state index contributed by atoms with van der Waals surface area (Å²) in [6.07, 6.45) is 1.37. The zero-order chi connectivity index (χ0) is 19.6. The van der Waals surface area contributed by atoms with E-state index in [0.29, 0.717) is 19.4 Å². The van der Waals surface area contributed by atoms with Crippen LogP contribution in [-0.2, 0) is 14.8 Å². The lowest BCUT2D eigenvalue weighted by atomic mass is 9.98. The molecule has 1 saturated heterocycles. The first-order valence-electron chi connectivity index (χ1n) is 9.23. The number of nitrogens with one attached hydrogen (secondary N) is 1. The van der Waals surface area contributed by atoms with Gasteiger partial charge in [-0.2, -0.15) is 4.31 Å². The lowest BCUT2D eigenvalue weighted by molar-refractivity contribution is -0.120. The second kappa shape index (κ2) is 7.82. The zero-order valence-electron chi connectivity index (χ0n) is 16.0. The van der Waals surface area contributed by atoms with Crippen molar-refractivity contribution in [3.8, 4) is 0 Å². The van der Waals surface area contributed by atoms with E-state index >= 15 is 0 Å². The minimum atomic E-state index is -3.58. The molecule has 0 spiro atoms. The molecule has 1 fully saturated rings. The molecular weight excluding hydrogens is 360 g/mol. The Labute approximate surface area is 161 Å². The molecule has 1 aliphatic heterocycles. The Kier molecular flexibility index (Phi) is 5.67. The Balaban J connectivity index is 1.74. The van der Waals surface area contributed by atoms with Crippen molar-refractivity contribution in [1.82, 2.24) is 4.31 Å². The largest absolute Gasteiger partial charge is 0.326 e. The van der Waals surface area contributed by atoms with Gasteiger partial charge in [-0.25, -0.2) is 8.42 Å². The molecule has 2 aromatic rings. The number of piperidine rings is 1. The van der Waals surface area contributed by atoms with E-state index in [1.54, 1.807) is 24.3 Å². The predicted octanol–water partition coefficient (Wildman–Crippen LogP) is 3.65. The van der Waals surface area contributed by atoms with E-state index in [9.17, 15) is 13.2 Å². The third kappa shape index (κ3) is 4.22. The van der Waals surface area contributed by atoms with E-state index in [2.05, 4.69) is 5.32 Å². The second-order valence-corrected chi connectivity index (χ2v) is 9.19. The number of benzene rings is 2. The monoisotopic (exact) mass is 386 g/mol. The van der Waals surface area contributed by atoms with E-state index in [-0.39, 0.29) is 23.3 Å². The van der Waals surface area contributed by atoms with Crippen LogP contribution in [0.4, 0.5) is 5.69 Å². The summed E-state index contributed by atoms with van der Waals surface area (Å²) in [6, 6.07) is 12.6. The molecule has 6 heteroatoms. The van der Waals surface area contributed by atoms with Gasteiger partial charge in [0.1, 0.15) is 0 Å². The minimum Gasteiger partial charge on any atom is -0.326 e. The summed E-state index contributed by atoms with van der Waals surface area (Å²) in [4.78, 5) is 13.0. The van der Waals surface area contributed by atoms with E-state index in [4.69, 9.17) is 0 Å². The number of hydrogen-bond acceptors (Lipinski definition) is 3. The molecule has 0 saturated carbocycles. The lowest BCUT2D eigenvalue weighted by Gasteiger charge is -2.31. The molecule has 0 bridgehead atoms. The SMILES string of the molecule is Cc1ccc(S(=O)(=O)N2CCC[C@@H](C(=O)Nc3cccc(C)c3C)C2)cc1. The maximum absolute atomic E-state index is 12.9. The summed E-state index contributed by atoms with van der Waals surface area (Å²) >= 11 is 0. The first-order valence-corrected chi connectivity index (χ1v) is 10.7. The first-order chi connectivity index (χ1) is 12.8. The summed E-state index contributed by atoms with van der Waals surface area (Å²) < 4.78 is 27.3. The van der Waals surface area contributed by atoms with E-state index < -0.39 is 10.0 Å². The summed E-state index contributed by atoms with van der Waals surface area (Å²) in [5.74, 6) is -0.466. The molecule has 3 rings (SSSR count). The van der Waals surface area contributed by atoms with Gasteiger partial charge in [-0.1, -0.05) is 29.8 Å². The average Bonchev–Trinajstić information content (AvgIpc) is 2.66. The maximum Gasteiger partial charge on any atom is 0.243 e. The van der Waals surface area contributed by atoms with Gasteiger partial charge in [0, 0.05) is 18.8 Å². The van der Waals surface area contributed by atoms with Crippen LogP contribution in [0.3, 0.4) is 0 Å². The molecular formula is C21H26N2O3S. The maximum atomic E-state index is 12.9. The summed E-state index contributed by atoms with van der Waals surface area (Å²) in [5.41, 5.74) is 3.95. The van der Waals surface area contributed by atoms with Gasteiger partial charge in [0.25, 0.3) is 0 Å². The molecule has 5 nitrogen and oxygen atoms in total. The zero-order valence-corrected chi connectivity index (χ0v) is 16.8. The Morgan fingerprint density at radius 1 is 1.07 bits per heavy atom. The van der Waals surface area contributed by atoms with E-state index in [1.807, 2.05) is 39.0 Å². The van der Waals surface area contributed by atoms with Crippen LogP contribution < -0.4 is 5.32 Å². The van der Waals surface area contributed by atoms with Crippen molar-refractivity contribution in [2.45, 2.75) is 38.5 Å². The highest BCUT2D eigenvalue weighted by atomic mass is 32.2. The molecule has 0 aliphatic carbocycles. The number of sulfonamides is 1. The van der Waals surface area contributed by atoms with Crippen LogP contribution in [0.5, 0.6) is 0 Å². The standard InChI is InChI=1S/C21H26N2O3S/c1-15-9-11-19(12-10-15)27(25,26)23-13-5-7-18(14-23)21(24)22-20-8-4-6-16(2)17(20)3/h4,6,8-12,18H,5,7,13-14H2,1-3H3,(H,22,24)/t18-/m1/s1. The smallest absolute Gasteiger partial charge is 0.243 e. The van der Waals surface area contributed by atoms with Gasteiger partial charge in [-0.15, -0.1) is 0 Å². The molecule has 0 radical (unpaired) electrons. The fourth-order valence-corrected chi connectivity index (χ4v) is 4.88. The topological polar surface area (TPSA) is 66.5 Å². The number of aryl methyl sites for hydroxylation is 2. The molecule has 144 valence electrons. The number of anilines is 1. The molecule has 1 amide bonds. The summed E-state index contributed by atoms with van der Waals surface area (Å²) in [5, 5.41) is 2.98. The van der Waals surface area contributed by atoms with Crippen molar-refractivity contribution in [2.24, 2.45) is 5.92 Å².